The number of carbonyl (C=O) groups is 3. The third-order valence-corrected chi connectivity index (χ3v) is 3.72. The third kappa shape index (κ3) is 8.14. The number of nitrogens with zero attached hydrogens (tertiary/aromatic N) is 1. The van der Waals surface area contributed by atoms with Crippen LogP contribution >= 0.6 is 0 Å². The number of amides is 3. The fraction of sp³-hybridized carbons (Fsp3) is 0.550. The molecule has 0 aliphatic heterocycles. The molecule has 144 valence electrons. The van der Waals surface area contributed by atoms with Crippen molar-refractivity contribution in [2.45, 2.75) is 54.0 Å². The third-order valence-electron chi connectivity index (χ3n) is 3.72. The van der Waals surface area contributed by atoms with Crippen LogP contribution in [0.15, 0.2) is 24.3 Å². The molecule has 26 heavy (non-hydrogen) atoms. The Hall–Kier alpha value is -2.37. The molecule has 0 radical (unpaired) electrons. The van der Waals surface area contributed by atoms with E-state index in [4.69, 9.17) is 0 Å². The summed E-state index contributed by atoms with van der Waals surface area (Å²) in [6.45, 7) is 11.5. The van der Waals surface area contributed by atoms with Gasteiger partial charge in [0.05, 0.1) is 13.1 Å². The van der Waals surface area contributed by atoms with Crippen molar-refractivity contribution in [3.8, 4) is 0 Å². The number of hydrogen-bond donors (Lipinski definition) is 2. The molecule has 0 saturated carbocycles. The average Bonchev–Trinajstić information content (AvgIpc) is 2.50. The zero-order valence-corrected chi connectivity index (χ0v) is 16.7. The lowest BCUT2D eigenvalue weighted by atomic mass is 9.91. The van der Waals surface area contributed by atoms with Gasteiger partial charge < -0.3 is 15.5 Å². The molecule has 0 saturated heterocycles. The first-order chi connectivity index (χ1) is 12.0. The standard InChI is InChI=1S/C20H31N3O3/c1-14(2)23(19(26)11-20(4,5)6)13-18(25)21-12-17(24)22-16-9-7-15(3)8-10-16/h7-10,14H,11-13H2,1-6H3,(H,21,25)(H,22,24). The molecule has 0 bridgehead atoms. The molecule has 0 heterocycles. The Bertz CT molecular complexity index is 631. The largest absolute Gasteiger partial charge is 0.345 e. The molecule has 0 aliphatic carbocycles. The Morgan fingerprint density at radius 2 is 1.62 bits per heavy atom. The Morgan fingerprint density at radius 1 is 1.04 bits per heavy atom. The molecule has 1 rings (SSSR count). The summed E-state index contributed by atoms with van der Waals surface area (Å²) in [5.41, 5.74) is 1.64. The molecule has 0 atom stereocenters. The van der Waals surface area contributed by atoms with Crippen LogP contribution in [0.2, 0.25) is 0 Å². The lowest BCUT2D eigenvalue weighted by Crippen LogP contribution is -2.46. The molecular formula is C20H31N3O3. The number of benzene rings is 1. The van der Waals surface area contributed by atoms with Gasteiger partial charge in [-0.15, -0.1) is 0 Å². The van der Waals surface area contributed by atoms with Gasteiger partial charge in [-0.25, -0.2) is 0 Å². The van der Waals surface area contributed by atoms with Gasteiger partial charge in [0.25, 0.3) is 0 Å². The summed E-state index contributed by atoms with van der Waals surface area (Å²) in [6.07, 6.45) is 0.367. The highest BCUT2D eigenvalue weighted by Gasteiger charge is 2.24. The minimum absolute atomic E-state index is 0.0512. The van der Waals surface area contributed by atoms with Gasteiger partial charge in [-0.2, -0.15) is 0 Å². The summed E-state index contributed by atoms with van der Waals surface area (Å²) < 4.78 is 0. The zero-order chi connectivity index (χ0) is 19.9. The Morgan fingerprint density at radius 3 is 2.12 bits per heavy atom. The maximum absolute atomic E-state index is 12.4. The monoisotopic (exact) mass is 361 g/mol. The van der Waals surface area contributed by atoms with Crippen LogP contribution < -0.4 is 10.6 Å². The van der Waals surface area contributed by atoms with E-state index in [9.17, 15) is 14.4 Å². The van der Waals surface area contributed by atoms with E-state index in [0.29, 0.717) is 12.1 Å². The lowest BCUT2D eigenvalue weighted by Gasteiger charge is -2.29. The number of rotatable bonds is 7. The smallest absolute Gasteiger partial charge is 0.243 e. The maximum atomic E-state index is 12.4. The van der Waals surface area contributed by atoms with Crippen LogP contribution in [0.25, 0.3) is 0 Å². The van der Waals surface area contributed by atoms with Gasteiger partial charge in [-0.3, -0.25) is 14.4 Å². The van der Waals surface area contributed by atoms with E-state index >= 15 is 0 Å². The fourth-order valence-electron chi connectivity index (χ4n) is 2.35. The van der Waals surface area contributed by atoms with Crippen molar-refractivity contribution >= 4 is 23.4 Å². The number of hydrogen-bond acceptors (Lipinski definition) is 3. The van der Waals surface area contributed by atoms with Gasteiger partial charge in [-0.1, -0.05) is 38.5 Å². The van der Waals surface area contributed by atoms with Gasteiger partial charge in [0.15, 0.2) is 0 Å². The number of anilines is 1. The second-order valence-electron chi connectivity index (χ2n) is 8.04. The molecule has 0 spiro atoms. The molecule has 1 aromatic rings. The summed E-state index contributed by atoms with van der Waals surface area (Å²) >= 11 is 0. The van der Waals surface area contributed by atoms with Crippen LogP contribution in [0.3, 0.4) is 0 Å². The summed E-state index contributed by atoms with van der Waals surface area (Å²) in [5.74, 6) is -0.717. The van der Waals surface area contributed by atoms with Gasteiger partial charge in [0.1, 0.15) is 0 Å². The Labute approximate surface area is 156 Å². The minimum atomic E-state index is -0.347. The first-order valence-electron chi connectivity index (χ1n) is 8.90. The Balaban J connectivity index is 2.51. The van der Waals surface area contributed by atoms with Crippen molar-refractivity contribution in [1.29, 1.82) is 0 Å². The van der Waals surface area contributed by atoms with Gasteiger partial charge in [0, 0.05) is 18.2 Å². The average molecular weight is 361 g/mol. The molecule has 0 aromatic heterocycles. The van der Waals surface area contributed by atoms with E-state index in [1.807, 2.05) is 53.7 Å². The van der Waals surface area contributed by atoms with E-state index in [0.717, 1.165) is 5.56 Å². The SMILES string of the molecule is Cc1ccc(NC(=O)CNC(=O)CN(C(=O)CC(C)(C)C)C(C)C)cc1. The molecule has 0 unspecified atom stereocenters. The maximum Gasteiger partial charge on any atom is 0.243 e. The highest BCUT2D eigenvalue weighted by molar-refractivity contribution is 5.95. The number of carbonyl (C=O) groups excluding carboxylic acids is 3. The molecule has 6 nitrogen and oxygen atoms in total. The van der Waals surface area contributed by atoms with E-state index in [1.165, 1.54) is 0 Å². The molecule has 2 N–H and O–H groups in total. The van der Waals surface area contributed by atoms with E-state index in [1.54, 1.807) is 17.0 Å². The van der Waals surface area contributed by atoms with Crippen molar-refractivity contribution in [2.75, 3.05) is 18.4 Å². The van der Waals surface area contributed by atoms with Crippen LogP contribution in [0.5, 0.6) is 0 Å². The van der Waals surface area contributed by atoms with Crippen LogP contribution in [-0.2, 0) is 14.4 Å². The molecule has 3 amide bonds. The minimum Gasteiger partial charge on any atom is -0.345 e. The lowest BCUT2D eigenvalue weighted by molar-refractivity contribution is -0.139. The van der Waals surface area contributed by atoms with Gasteiger partial charge >= 0.3 is 0 Å². The van der Waals surface area contributed by atoms with Crippen molar-refractivity contribution in [2.24, 2.45) is 5.41 Å². The quantitative estimate of drug-likeness (QED) is 0.784. The zero-order valence-electron chi connectivity index (χ0n) is 16.7. The second-order valence-corrected chi connectivity index (χ2v) is 8.04. The van der Waals surface area contributed by atoms with E-state index in [-0.39, 0.29) is 42.3 Å². The molecular weight excluding hydrogens is 330 g/mol. The van der Waals surface area contributed by atoms with E-state index < -0.39 is 0 Å². The van der Waals surface area contributed by atoms with Gasteiger partial charge in [-0.05, 0) is 38.3 Å². The second kappa shape index (κ2) is 9.36. The molecule has 6 heteroatoms. The predicted octanol–water partition coefficient (Wildman–Crippen LogP) is 2.72. The van der Waals surface area contributed by atoms with Gasteiger partial charge in [0.2, 0.25) is 17.7 Å². The first kappa shape index (κ1) is 21.7. The summed E-state index contributed by atoms with van der Waals surface area (Å²) in [7, 11) is 0. The summed E-state index contributed by atoms with van der Waals surface area (Å²) in [6, 6.07) is 7.32. The topological polar surface area (TPSA) is 78.5 Å². The summed E-state index contributed by atoms with van der Waals surface area (Å²) in [5, 5.41) is 5.29. The Kier molecular flexibility index (Phi) is 7.80. The molecule has 1 aromatic carbocycles. The van der Waals surface area contributed by atoms with E-state index in [2.05, 4.69) is 10.6 Å². The van der Waals surface area contributed by atoms with Crippen molar-refractivity contribution < 1.29 is 14.4 Å². The highest BCUT2D eigenvalue weighted by Crippen LogP contribution is 2.20. The van der Waals surface area contributed by atoms with Crippen molar-refractivity contribution in [1.82, 2.24) is 10.2 Å². The van der Waals surface area contributed by atoms with Crippen molar-refractivity contribution in [3.63, 3.8) is 0 Å². The normalized spacial score (nSPS) is 11.2. The van der Waals surface area contributed by atoms with Crippen LogP contribution in [0.4, 0.5) is 5.69 Å². The fourth-order valence-corrected chi connectivity index (χ4v) is 2.35. The number of aryl methyl sites for hydroxylation is 1. The predicted molar refractivity (Wildman–Crippen MR) is 104 cm³/mol. The van der Waals surface area contributed by atoms with Crippen LogP contribution in [0, 0.1) is 12.3 Å². The van der Waals surface area contributed by atoms with Crippen LogP contribution in [0.1, 0.15) is 46.6 Å². The summed E-state index contributed by atoms with van der Waals surface area (Å²) in [4.78, 5) is 38.0. The number of nitrogens with one attached hydrogen (secondary N) is 2. The molecule has 0 aliphatic rings. The van der Waals surface area contributed by atoms with Crippen LogP contribution in [-0.4, -0.2) is 41.8 Å². The van der Waals surface area contributed by atoms with Crippen molar-refractivity contribution in [3.05, 3.63) is 29.8 Å². The first-order valence-corrected chi connectivity index (χ1v) is 8.90. The molecule has 0 fully saturated rings. The highest BCUT2D eigenvalue weighted by atomic mass is 16.2.